The first kappa shape index (κ1) is 19.8. The van der Waals surface area contributed by atoms with Gasteiger partial charge in [0, 0.05) is 6.07 Å². The molecule has 2 bridgehead atoms. The molecule has 1 N–H and O–H groups in total. The molecule has 8 heteroatoms. The Morgan fingerprint density at radius 2 is 2.16 bits per heavy atom. The van der Waals surface area contributed by atoms with E-state index in [4.69, 9.17) is 14.0 Å². The summed E-state index contributed by atoms with van der Waals surface area (Å²) in [6, 6.07) is 9.20. The number of nitrogens with one attached hydrogen (secondary N) is 1. The first-order valence-corrected chi connectivity index (χ1v) is 10.5. The van der Waals surface area contributed by atoms with Gasteiger partial charge >= 0.3 is 0 Å². The van der Waals surface area contributed by atoms with Crippen molar-refractivity contribution in [3.05, 3.63) is 53.8 Å². The molecule has 2 amide bonds. The molecule has 0 aliphatic carbocycles. The highest BCUT2D eigenvalue weighted by Crippen LogP contribution is 2.52. The summed E-state index contributed by atoms with van der Waals surface area (Å²) in [6.07, 6.45) is 4.15. The maximum atomic E-state index is 13.4. The zero-order valence-corrected chi connectivity index (χ0v) is 17.7. The SMILES string of the molecule is CC[C@H](NC(=O)[C@@H]1[C@H]2C(=O)N(c3cc(C)on3)C[C@@]23C=C[C@H]1O3)c1ccc(OC)cc1. The Bertz CT molecular complexity index is 1050. The van der Waals surface area contributed by atoms with Crippen LogP contribution >= 0.6 is 0 Å². The fraction of sp³-hybridized carbons (Fsp3) is 0.435. The average Bonchev–Trinajstić information content (AvgIpc) is 3.53. The van der Waals surface area contributed by atoms with Gasteiger partial charge in [-0.05, 0) is 31.0 Å². The lowest BCUT2D eigenvalue weighted by molar-refractivity contribution is -0.132. The Morgan fingerprint density at radius 3 is 2.81 bits per heavy atom. The van der Waals surface area contributed by atoms with Crippen molar-refractivity contribution in [2.24, 2.45) is 11.8 Å². The van der Waals surface area contributed by atoms with E-state index in [9.17, 15) is 9.59 Å². The van der Waals surface area contributed by atoms with Crippen LogP contribution in [0.3, 0.4) is 0 Å². The van der Waals surface area contributed by atoms with Gasteiger partial charge in [0.25, 0.3) is 0 Å². The molecule has 162 valence electrons. The van der Waals surface area contributed by atoms with Gasteiger partial charge in [0.15, 0.2) is 5.82 Å². The van der Waals surface area contributed by atoms with Gasteiger partial charge in [-0.25, -0.2) is 0 Å². The lowest BCUT2D eigenvalue weighted by atomic mass is 9.76. The van der Waals surface area contributed by atoms with Crippen LogP contribution in [0.25, 0.3) is 0 Å². The lowest BCUT2D eigenvalue weighted by Gasteiger charge is -2.26. The second-order valence-electron chi connectivity index (χ2n) is 8.36. The highest BCUT2D eigenvalue weighted by atomic mass is 16.5. The van der Waals surface area contributed by atoms with Gasteiger partial charge in [-0.1, -0.05) is 36.4 Å². The molecular weight excluding hydrogens is 398 g/mol. The standard InChI is InChI=1S/C23H25N3O5/c1-4-16(14-5-7-15(29-3)8-6-14)24-21(27)19-17-9-10-23(30-17)12-26(22(28)20(19)23)18-11-13(2)31-25-18/h5-11,16-17,19-20H,4,12H2,1-3H3,(H,24,27)/t16-,17+,19-,20-,23-/m0/s1. The fourth-order valence-electron chi connectivity index (χ4n) is 5.00. The summed E-state index contributed by atoms with van der Waals surface area (Å²) in [6.45, 7) is 4.12. The summed E-state index contributed by atoms with van der Waals surface area (Å²) < 4.78 is 16.5. The number of anilines is 1. The smallest absolute Gasteiger partial charge is 0.235 e. The van der Waals surface area contributed by atoms with Crippen LogP contribution in [0.4, 0.5) is 5.82 Å². The van der Waals surface area contributed by atoms with Crippen molar-refractivity contribution in [1.82, 2.24) is 10.5 Å². The Labute approximate surface area is 180 Å². The highest BCUT2D eigenvalue weighted by Gasteiger charge is 2.67. The van der Waals surface area contributed by atoms with Gasteiger partial charge in [-0.15, -0.1) is 0 Å². The van der Waals surface area contributed by atoms with Gasteiger partial charge < -0.3 is 19.3 Å². The summed E-state index contributed by atoms with van der Waals surface area (Å²) in [5, 5.41) is 7.12. The van der Waals surface area contributed by atoms with E-state index in [1.165, 1.54) is 0 Å². The minimum Gasteiger partial charge on any atom is -0.497 e. The Balaban J connectivity index is 1.38. The number of ether oxygens (including phenoxy) is 2. The lowest BCUT2D eigenvalue weighted by Crippen LogP contribution is -2.45. The topological polar surface area (TPSA) is 93.9 Å². The number of aryl methyl sites for hydroxylation is 1. The average molecular weight is 423 g/mol. The molecule has 5 atom stereocenters. The van der Waals surface area contributed by atoms with Crippen LogP contribution < -0.4 is 15.0 Å². The number of rotatable bonds is 6. The van der Waals surface area contributed by atoms with Crippen LogP contribution in [0.15, 0.2) is 47.0 Å². The molecule has 0 unspecified atom stereocenters. The van der Waals surface area contributed by atoms with Crippen LogP contribution in [0.5, 0.6) is 5.75 Å². The van der Waals surface area contributed by atoms with Crippen molar-refractivity contribution in [3.63, 3.8) is 0 Å². The van der Waals surface area contributed by atoms with E-state index in [-0.39, 0.29) is 17.9 Å². The third-order valence-corrected chi connectivity index (χ3v) is 6.54. The third-order valence-electron chi connectivity index (χ3n) is 6.54. The first-order chi connectivity index (χ1) is 15.0. The van der Waals surface area contributed by atoms with Gasteiger partial charge in [-0.3, -0.25) is 14.5 Å². The molecule has 5 rings (SSSR count). The Morgan fingerprint density at radius 1 is 1.39 bits per heavy atom. The number of carbonyl (C=O) groups is 2. The maximum absolute atomic E-state index is 13.4. The van der Waals surface area contributed by atoms with Crippen molar-refractivity contribution in [1.29, 1.82) is 0 Å². The van der Waals surface area contributed by atoms with E-state index in [1.54, 1.807) is 25.0 Å². The van der Waals surface area contributed by atoms with E-state index >= 15 is 0 Å². The molecular formula is C23H25N3O5. The Kier molecular flexibility index (Phi) is 4.62. The van der Waals surface area contributed by atoms with Crippen molar-refractivity contribution in [3.8, 4) is 5.75 Å². The molecule has 8 nitrogen and oxygen atoms in total. The van der Waals surface area contributed by atoms with Crippen LogP contribution in [-0.2, 0) is 14.3 Å². The second-order valence-corrected chi connectivity index (χ2v) is 8.36. The zero-order chi connectivity index (χ0) is 21.8. The summed E-state index contributed by atoms with van der Waals surface area (Å²) in [4.78, 5) is 28.3. The molecule has 31 heavy (non-hydrogen) atoms. The normalized spacial score (nSPS) is 29.3. The van der Waals surface area contributed by atoms with E-state index in [1.807, 2.05) is 43.3 Å². The zero-order valence-electron chi connectivity index (χ0n) is 17.7. The number of fused-ring (bicyclic) bond motifs is 1. The third kappa shape index (κ3) is 3.05. The van der Waals surface area contributed by atoms with Crippen LogP contribution in [0, 0.1) is 18.8 Å². The number of amides is 2. The van der Waals surface area contributed by atoms with Crippen molar-refractivity contribution >= 4 is 17.6 Å². The molecule has 0 radical (unpaired) electrons. The predicted octanol–water partition coefficient (Wildman–Crippen LogP) is 2.55. The largest absolute Gasteiger partial charge is 0.497 e. The number of nitrogens with zero attached hydrogens (tertiary/aromatic N) is 2. The quantitative estimate of drug-likeness (QED) is 0.718. The van der Waals surface area contributed by atoms with Crippen molar-refractivity contribution < 1.29 is 23.6 Å². The molecule has 2 aromatic rings. The summed E-state index contributed by atoms with van der Waals surface area (Å²) in [5.74, 6) is 0.357. The minimum atomic E-state index is -0.793. The fourth-order valence-corrected chi connectivity index (χ4v) is 5.00. The number of carbonyl (C=O) groups excluding carboxylic acids is 2. The number of benzene rings is 1. The molecule has 3 aliphatic rings. The van der Waals surface area contributed by atoms with Crippen molar-refractivity contribution in [2.75, 3.05) is 18.6 Å². The molecule has 1 spiro atoms. The van der Waals surface area contributed by atoms with Gasteiger partial charge in [-0.2, -0.15) is 0 Å². The van der Waals surface area contributed by atoms with Crippen LogP contribution in [0.1, 0.15) is 30.7 Å². The predicted molar refractivity (Wildman–Crippen MR) is 111 cm³/mol. The summed E-state index contributed by atoms with van der Waals surface area (Å²) >= 11 is 0. The number of hydrogen-bond donors (Lipinski definition) is 1. The summed E-state index contributed by atoms with van der Waals surface area (Å²) in [5.41, 5.74) is 0.196. The van der Waals surface area contributed by atoms with E-state index in [2.05, 4.69) is 10.5 Å². The molecule has 2 saturated heterocycles. The van der Waals surface area contributed by atoms with Gasteiger partial charge in [0.05, 0.1) is 37.6 Å². The van der Waals surface area contributed by atoms with E-state index in [0.717, 1.165) is 17.7 Å². The van der Waals surface area contributed by atoms with Gasteiger partial charge in [0.1, 0.15) is 17.1 Å². The number of aromatic nitrogens is 1. The minimum absolute atomic E-state index is 0.155. The van der Waals surface area contributed by atoms with Crippen LogP contribution in [0.2, 0.25) is 0 Å². The number of hydrogen-bond acceptors (Lipinski definition) is 6. The highest BCUT2D eigenvalue weighted by molar-refractivity contribution is 6.02. The molecule has 3 aliphatic heterocycles. The van der Waals surface area contributed by atoms with E-state index < -0.39 is 23.5 Å². The molecule has 1 aromatic heterocycles. The number of methoxy groups -OCH3 is 1. The first-order valence-electron chi connectivity index (χ1n) is 10.5. The summed E-state index contributed by atoms with van der Waals surface area (Å²) in [7, 11) is 1.62. The second kappa shape index (κ2) is 7.23. The molecule has 2 fully saturated rings. The van der Waals surface area contributed by atoms with E-state index in [0.29, 0.717) is 18.1 Å². The molecule has 4 heterocycles. The maximum Gasteiger partial charge on any atom is 0.235 e. The molecule has 0 saturated carbocycles. The monoisotopic (exact) mass is 423 g/mol. The van der Waals surface area contributed by atoms with Crippen LogP contribution in [-0.4, -0.2) is 42.3 Å². The Hall–Kier alpha value is -3.13. The molecule has 1 aromatic carbocycles. The van der Waals surface area contributed by atoms with Crippen molar-refractivity contribution in [2.45, 2.75) is 38.0 Å². The van der Waals surface area contributed by atoms with Gasteiger partial charge in [0.2, 0.25) is 11.8 Å².